The summed E-state index contributed by atoms with van der Waals surface area (Å²) in [5.74, 6) is -0.315. The van der Waals surface area contributed by atoms with Gasteiger partial charge in [0.05, 0.1) is 5.52 Å². The highest BCUT2D eigenvalue weighted by molar-refractivity contribution is 5.98. The predicted molar refractivity (Wildman–Crippen MR) is 94.3 cm³/mol. The van der Waals surface area contributed by atoms with Crippen LogP contribution in [0.4, 0.5) is 0 Å². The number of aromatic nitrogens is 1. The molecule has 0 unspecified atom stereocenters. The van der Waals surface area contributed by atoms with E-state index in [0.29, 0.717) is 11.9 Å². The van der Waals surface area contributed by atoms with Crippen LogP contribution >= 0.6 is 0 Å². The highest BCUT2D eigenvalue weighted by Crippen LogP contribution is 2.23. The maximum Gasteiger partial charge on any atom is 0.257 e. The van der Waals surface area contributed by atoms with Crippen molar-refractivity contribution in [2.75, 3.05) is 0 Å². The van der Waals surface area contributed by atoms with E-state index < -0.39 is 0 Å². The first-order valence-electron chi connectivity index (χ1n) is 8.12. The molecule has 0 fully saturated rings. The summed E-state index contributed by atoms with van der Waals surface area (Å²) in [4.78, 5) is 25.2. The van der Waals surface area contributed by atoms with Gasteiger partial charge in [0.25, 0.3) is 5.91 Å². The molecular formula is C20H18N2O2. The Balaban J connectivity index is 1.66. The molecule has 1 amide bonds. The lowest BCUT2D eigenvalue weighted by Crippen LogP contribution is -2.29. The van der Waals surface area contributed by atoms with Crippen LogP contribution in [0.2, 0.25) is 0 Å². The highest BCUT2D eigenvalue weighted by Gasteiger charge is 2.20. The van der Waals surface area contributed by atoms with Gasteiger partial charge in [-0.05, 0) is 30.5 Å². The van der Waals surface area contributed by atoms with E-state index in [-0.39, 0.29) is 16.9 Å². The van der Waals surface area contributed by atoms with Crippen LogP contribution in [-0.4, -0.2) is 10.5 Å². The quantitative estimate of drug-likeness (QED) is 0.807. The Kier molecular flexibility index (Phi) is 3.45. The van der Waals surface area contributed by atoms with E-state index in [1.165, 1.54) is 5.56 Å². The van der Waals surface area contributed by atoms with E-state index in [1.807, 2.05) is 47.9 Å². The standard InChI is InChI=1S/C20H18N2O2/c1-13-4-2-5-14(10-13)11-21-20(24)17-12-22-9-8-15-6-3-7-16(18(15)22)19(17)23/h2-7,10,12H,8-9,11H2,1H3,(H,21,24). The van der Waals surface area contributed by atoms with Gasteiger partial charge in [0, 0.05) is 24.7 Å². The molecule has 4 nitrogen and oxygen atoms in total. The number of carbonyl (C=O) groups is 1. The molecule has 0 saturated heterocycles. The number of benzene rings is 2. The molecule has 1 N–H and O–H groups in total. The average molecular weight is 318 g/mol. The number of para-hydroxylation sites is 1. The number of hydrogen-bond acceptors (Lipinski definition) is 2. The lowest BCUT2D eigenvalue weighted by molar-refractivity contribution is 0.0949. The van der Waals surface area contributed by atoms with Gasteiger partial charge in [-0.2, -0.15) is 0 Å². The number of amides is 1. The molecular weight excluding hydrogens is 300 g/mol. The molecule has 3 aromatic rings. The van der Waals surface area contributed by atoms with E-state index in [9.17, 15) is 9.59 Å². The van der Waals surface area contributed by atoms with Crippen molar-refractivity contribution in [2.45, 2.75) is 26.4 Å². The summed E-state index contributed by atoms with van der Waals surface area (Å²) in [7, 11) is 0. The van der Waals surface area contributed by atoms with Crippen molar-refractivity contribution in [2.24, 2.45) is 0 Å². The Labute approximate surface area is 139 Å². The third kappa shape index (κ3) is 2.40. The minimum absolute atomic E-state index is 0.188. The molecule has 24 heavy (non-hydrogen) atoms. The molecule has 2 aromatic carbocycles. The summed E-state index contributed by atoms with van der Waals surface area (Å²) < 4.78 is 2.02. The van der Waals surface area contributed by atoms with Gasteiger partial charge in [-0.25, -0.2) is 0 Å². The Morgan fingerprint density at radius 1 is 1.21 bits per heavy atom. The van der Waals surface area contributed by atoms with Gasteiger partial charge in [-0.1, -0.05) is 42.0 Å². The maximum atomic E-state index is 12.7. The highest BCUT2D eigenvalue weighted by atomic mass is 16.2. The largest absolute Gasteiger partial charge is 0.348 e. The zero-order chi connectivity index (χ0) is 16.7. The van der Waals surface area contributed by atoms with Crippen LogP contribution in [0.15, 0.2) is 53.5 Å². The van der Waals surface area contributed by atoms with E-state index >= 15 is 0 Å². The van der Waals surface area contributed by atoms with E-state index in [1.54, 1.807) is 12.3 Å². The van der Waals surface area contributed by atoms with Crippen molar-refractivity contribution in [1.82, 2.24) is 9.88 Å². The maximum absolute atomic E-state index is 12.7. The van der Waals surface area contributed by atoms with Crippen LogP contribution < -0.4 is 10.7 Å². The fraction of sp³-hybridized carbons (Fsp3) is 0.200. The molecule has 0 saturated carbocycles. The minimum Gasteiger partial charge on any atom is -0.348 e. The summed E-state index contributed by atoms with van der Waals surface area (Å²) in [6.45, 7) is 3.24. The molecule has 1 aliphatic heterocycles. The first-order chi connectivity index (χ1) is 11.6. The van der Waals surface area contributed by atoms with Gasteiger partial charge < -0.3 is 9.88 Å². The Morgan fingerprint density at radius 3 is 2.88 bits per heavy atom. The van der Waals surface area contributed by atoms with Crippen LogP contribution in [0, 0.1) is 6.92 Å². The van der Waals surface area contributed by atoms with Gasteiger partial charge in [-0.3, -0.25) is 9.59 Å². The van der Waals surface area contributed by atoms with Gasteiger partial charge in [0.2, 0.25) is 5.43 Å². The van der Waals surface area contributed by atoms with Crippen LogP contribution in [0.1, 0.15) is 27.0 Å². The predicted octanol–water partition coefficient (Wildman–Crippen LogP) is 2.80. The molecule has 0 atom stereocenters. The second-order valence-electron chi connectivity index (χ2n) is 6.30. The van der Waals surface area contributed by atoms with Crippen molar-refractivity contribution < 1.29 is 4.79 Å². The summed E-state index contributed by atoms with van der Waals surface area (Å²) in [6, 6.07) is 13.7. The molecule has 4 rings (SSSR count). The molecule has 0 radical (unpaired) electrons. The first kappa shape index (κ1) is 14.7. The molecule has 120 valence electrons. The smallest absolute Gasteiger partial charge is 0.257 e. The number of pyridine rings is 1. The topological polar surface area (TPSA) is 51.1 Å². The van der Waals surface area contributed by atoms with Gasteiger partial charge in [0.1, 0.15) is 5.56 Å². The van der Waals surface area contributed by atoms with Crippen molar-refractivity contribution in [3.05, 3.63) is 81.1 Å². The Hall–Kier alpha value is -2.88. The monoisotopic (exact) mass is 318 g/mol. The van der Waals surface area contributed by atoms with Crippen LogP contribution in [0.3, 0.4) is 0 Å². The molecule has 0 spiro atoms. The molecule has 1 aromatic heterocycles. The van der Waals surface area contributed by atoms with Gasteiger partial charge >= 0.3 is 0 Å². The van der Waals surface area contributed by atoms with E-state index in [4.69, 9.17) is 0 Å². The minimum atomic E-state index is -0.315. The molecule has 0 aliphatic carbocycles. The number of nitrogens with one attached hydrogen (secondary N) is 1. The fourth-order valence-corrected chi connectivity index (χ4v) is 3.42. The molecule has 1 aliphatic rings. The third-order valence-electron chi connectivity index (χ3n) is 4.58. The van der Waals surface area contributed by atoms with Crippen LogP contribution in [0.25, 0.3) is 10.9 Å². The zero-order valence-electron chi connectivity index (χ0n) is 13.5. The van der Waals surface area contributed by atoms with E-state index in [0.717, 1.165) is 29.6 Å². The summed E-state index contributed by atoms with van der Waals surface area (Å²) in [6.07, 6.45) is 2.61. The van der Waals surface area contributed by atoms with Gasteiger partial charge in [-0.15, -0.1) is 0 Å². The number of carbonyl (C=O) groups excluding carboxylic acids is 1. The zero-order valence-corrected chi connectivity index (χ0v) is 13.5. The second-order valence-corrected chi connectivity index (χ2v) is 6.30. The number of nitrogens with zero attached hydrogens (tertiary/aromatic N) is 1. The van der Waals surface area contributed by atoms with Crippen molar-refractivity contribution in [3.63, 3.8) is 0 Å². The molecule has 0 bridgehead atoms. The molecule has 4 heteroatoms. The lowest BCUT2D eigenvalue weighted by atomic mass is 10.1. The second kappa shape index (κ2) is 5.64. The number of aryl methyl sites for hydroxylation is 3. The Bertz CT molecular complexity index is 1020. The summed E-state index contributed by atoms with van der Waals surface area (Å²) >= 11 is 0. The van der Waals surface area contributed by atoms with Crippen LogP contribution in [-0.2, 0) is 19.5 Å². The first-order valence-corrected chi connectivity index (χ1v) is 8.12. The van der Waals surface area contributed by atoms with Crippen molar-refractivity contribution in [3.8, 4) is 0 Å². The Morgan fingerprint density at radius 2 is 2.04 bits per heavy atom. The van der Waals surface area contributed by atoms with Crippen molar-refractivity contribution in [1.29, 1.82) is 0 Å². The van der Waals surface area contributed by atoms with Crippen molar-refractivity contribution >= 4 is 16.8 Å². The number of rotatable bonds is 3. The number of hydrogen-bond donors (Lipinski definition) is 1. The lowest BCUT2D eigenvalue weighted by Gasteiger charge is -2.09. The SMILES string of the molecule is Cc1cccc(CNC(=O)c2cn3c4c(cccc4c2=O)CC3)c1. The third-order valence-corrected chi connectivity index (χ3v) is 4.58. The van der Waals surface area contributed by atoms with Gasteiger partial charge in [0.15, 0.2) is 0 Å². The average Bonchev–Trinajstić information content (AvgIpc) is 3.00. The van der Waals surface area contributed by atoms with E-state index in [2.05, 4.69) is 5.32 Å². The fourth-order valence-electron chi connectivity index (χ4n) is 3.42. The summed E-state index contributed by atoms with van der Waals surface area (Å²) in [5, 5.41) is 3.50. The normalized spacial score (nSPS) is 12.5. The van der Waals surface area contributed by atoms with Crippen LogP contribution in [0.5, 0.6) is 0 Å². The summed E-state index contributed by atoms with van der Waals surface area (Å²) in [5.41, 5.74) is 4.35. The molecule has 2 heterocycles.